The molecule has 1 amide bonds. The Morgan fingerprint density at radius 2 is 2.24 bits per heavy atom. The van der Waals surface area contributed by atoms with E-state index < -0.39 is 18.5 Å². The van der Waals surface area contributed by atoms with E-state index in [1.165, 1.54) is 11.0 Å². The molecule has 0 unspecified atom stereocenters. The van der Waals surface area contributed by atoms with Crippen molar-refractivity contribution in [2.45, 2.75) is 13.5 Å². The Balaban J connectivity index is 1.82. The second-order valence-corrected chi connectivity index (χ2v) is 4.61. The van der Waals surface area contributed by atoms with E-state index in [1.54, 1.807) is 18.2 Å². The van der Waals surface area contributed by atoms with Gasteiger partial charge in [-0.3, -0.25) is 9.59 Å². The van der Waals surface area contributed by atoms with Gasteiger partial charge in [0.15, 0.2) is 6.61 Å². The fourth-order valence-corrected chi connectivity index (χ4v) is 1.66. The Hall–Kier alpha value is -2.48. The zero-order valence-corrected chi connectivity index (χ0v) is 11.9. The number of carbonyl (C=O) groups excluding carboxylic acids is 2. The number of nitrogens with one attached hydrogen (secondary N) is 1. The Morgan fingerprint density at radius 1 is 1.43 bits per heavy atom. The molecule has 0 aliphatic heterocycles. The first-order valence-electron chi connectivity index (χ1n) is 5.97. The molecular formula is C12H12ClN5O3. The molecule has 0 atom stereocenters. The molecule has 0 saturated heterocycles. The summed E-state index contributed by atoms with van der Waals surface area (Å²) in [7, 11) is 0. The van der Waals surface area contributed by atoms with Crippen molar-refractivity contribution in [1.82, 2.24) is 20.2 Å². The van der Waals surface area contributed by atoms with Gasteiger partial charge < -0.3 is 10.1 Å². The number of nitrogens with zero attached hydrogens (tertiary/aromatic N) is 4. The van der Waals surface area contributed by atoms with Gasteiger partial charge in [-0.25, -0.2) is 4.68 Å². The van der Waals surface area contributed by atoms with Gasteiger partial charge in [0, 0.05) is 10.7 Å². The number of esters is 1. The van der Waals surface area contributed by atoms with Crippen LogP contribution in [-0.2, 0) is 20.9 Å². The van der Waals surface area contributed by atoms with Crippen LogP contribution in [0.15, 0.2) is 24.5 Å². The molecule has 0 radical (unpaired) electrons. The molecule has 0 fully saturated rings. The number of hydrogen-bond donors (Lipinski definition) is 1. The zero-order valence-electron chi connectivity index (χ0n) is 11.1. The van der Waals surface area contributed by atoms with Crippen LogP contribution in [0, 0.1) is 6.92 Å². The molecule has 0 bridgehead atoms. The van der Waals surface area contributed by atoms with Crippen LogP contribution in [0.4, 0.5) is 5.69 Å². The summed E-state index contributed by atoms with van der Waals surface area (Å²) < 4.78 is 6.01. The summed E-state index contributed by atoms with van der Waals surface area (Å²) in [6, 6.07) is 5.12. The Bertz CT molecular complexity index is 644. The maximum atomic E-state index is 11.7. The van der Waals surface area contributed by atoms with Crippen molar-refractivity contribution in [2.24, 2.45) is 0 Å². The summed E-state index contributed by atoms with van der Waals surface area (Å²) >= 11 is 5.85. The molecule has 110 valence electrons. The van der Waals surface area contributed by atoms with E-state index in [0.29, 0.717) is 10.7 Å². The molecular weight excluding hydrogens is 298 g/mol. The van der Waals surface area contributed by atoms with E-state index in [4.69, 9.17) is 16.3 Å². The van der Waals surface area contributed by atoms with Crippen LogP contribution >= 0.6 is 11.6 Å². The van der Waals surface area contributed by atoms with Crippen LogP contribution in [0.2, 0.25) is 5.02 Å². The second-order valence-electron chi connectivity index (χ2n) is 4.18. The first-order valence-corrected chi connectivity index (χ1v) is 6.35. The summed E-state index contributed by atoms with van der Waals surface area (Å²) in [4.78, 5) is 23.2. The highest BCUT2D eigenvalue weighted by atomic mass is 35.5. The van der Waals surface area contributed by atoms with Crippen LogP contribution in [0.5, 0.6) is 0 Å². The molecule has 0 aliphatic rings. The van der Waals surface area contributed by atoms with Crippen molar-refractivity contribution in [3.05, 3.63) is 35.1 Å². The molecule has 0 spiro atoms. The molecule has 9 heteroatoms. The predicted molar refractivity (Wildman–Crippen MR) is 73.6 cm³/mol. The van der Waals surface area contributed by atoms with Gasteiger partial charge in [-0.1, -0.05) is 17.7 Å². The zero-order chi connectivity index (χ0) is 15.2. The van der Waals surface area contributed by atoms with Crippen LogP contribution in [0.1, 0.15) is 5.56 Å². The maximum absolute atomic E-state index is 11.7. The fourth-order valence-electron chi connectivity index (χ4n) is 1.49. The standard InChI is InChI=1S/C12H12ClN5O3/c1-8-2-3-9(13)4-10(8)15-11(19)6-21-12(20)5-18-7-14-16-17-18/h2-4,7H,5-6H2,1H3,(H,15,19). The lowest BCUT2D eigenvalue weighted by Crippen LogP contribution is -2.23. The van der Waals surface area contributed by atoms with Gasteiger partial charge in [0.05, 0.1) is 0 Å². The fraction of sp³-hybridized carbons (Fsp3) is 0.250. The molecule has 2 rings (SSSR count). The van der Waals surface area contributed by atoms with Gasteiger partial charge >= 0.3 is 5.97 Å². The van der Waals surface area contributed by atoms with Crippen molar-refractivity contribution >= 4 is 29.2 Å². The molecule has 21 heavy (non-hydrogen) atoms. The Labute approximate surface area is 125 Å². The van der Waals surface area contributed by atoms with Crippen LogP contribution in [0.25, 0.3) is 0 Å². The number of anilines is 1. The van der Waals surface area contributed by atoms with Crippen molar-refractivity contribution < 1.29 is 14.3 Å². The monoisotopic (exact) mass is 309 g/mol. The normalized spacial score (nSPS) is 10.2. The summed E-state index contributed by atoms with van der Waals surface area (Å²) in [5.74, 6) is -1.06. The lowest BCUT2D eigenvalue weighted by atomic mass is 10.2. The van der Waals surface area contributed by atoms with Gasteiger partial charge in [-0.05, 0) is 35.0 Å². The van der Waals surface area contributed by atoms with E-state index in [1.807, 2.05) is 6.92 Å². The lowest BCUT2D eigenvalue weighted by Gasteiger charge is -2.09. The topological polar surface area (TPSA) is 99.0 Å². The van der Waals surface area contributed by atoms with Crippen LogP contribution in [-0.4, -0.2) is 38.7 Å². The van der Waals surface area contributed by atoms with E-state index in [-0.39, 0.29) is 6.54 Å². The molecule has 0 saturated carbocycles. The predicted octanol–water partition coefficient (Wildman–Crippen LogP) is 0.817. The third-order valence-corrected chi connectivity index (χ3v) is 2.76. The number of halogens is 1. The largest absolute Gasteiger partial charge is 0.454 e. The number of hydrogen-bond acceptors (Lipinski definition) is 6. The SMILES string of the molecule is Cc1ccc(Cl)cc1NC(=O)COC(=O)Cn1cnnn1. The van der Waals surface area contributed by atoms with Gasteiger partial charge in [0.25, 0.3) is 5.91 Å². The van der Waals surface area contributed by atoms with Crippen LogP contribution < -0.4 is 5.32 Å². The minimum Gasteiger partial charge on any atom is -0.454 e. The molecule has 8 nitrogen and oxygen atoms in total. The maximum Gasteiger partial charge on any atom is 0.328 e. The first-order chi connectivity index (χ1) is 10.0. The van der Waals surface area contributed by atoms with Crippen molar-refractivity contribution in [2.75, 3.05) is 11.9 Å². The highest BCUT2D eigenvalue weighted by Gasteiger charge is 2.10. The summed E-state index contributed by atoms with van der Waals surface area (Å²) in [6.45, 7) is 1.28. The minimum atomic E-state index is -0.611. The smallest absolute Gasteiger partial charge is 0.328 e. The van der Waals surface area contributed by atoms with E-state index in [0.717, 1.165) is 5.56 Å². The first kappa shape index (κ1) is 14.9. The van der Waals surface area contributed by atoms with E-state index in [9.17, 15) is 9.59 Å². The van der Waals surface area contributed by atoms with E-state index in [2.05, 4.69) is 20.8 Å². The average molecular weight is 310 g/mol. The van der Waals surface area contributed by atoms with Crippen molar-refractivity contribution in [1.29, 1.82) is 0 Å². The summed E-state index contributed by atoms with van der Waals surface area (Å²) in [5, 5.41) is 13.4. The molecule has 1 aromatic heterocycles. The van der Waals surface area contributed by atoms with Crippen molar-refractivity contribution in [3.8, 4) is 0 Å². The second kappa shape index (κ2) is 6.80. The molecule has 1 heterocycles. The number of ether oxygens (including phenoxy) is 1. The van der Waals surface area contributed by atoms with Gasteiger partial charge in [-0.2, -0.15) is 0 Å². The van der Waals surface area contributed by atoms with Crippen molar-refractivity contribution in [3.63, 3.8) is 0 Å². The van der Waals surface area contributed by atoms with Gasteiger partial charge in [-0.15, -0.1) is 5.10 Å². The minimum absolute atomic E-state index is 0.156. The third-order valence-electron chi connectivity index (χ3n) is 2.52. The summed E-state index contributed by atoms with van der Waals surface area (Å²) in [6.07, 6.45) is 1.27. The number of aromatic nitrogens is 4. The highest BCUT2D eigenvalue weighted by Crippen LogP contribution is 2.19. The number of benzene rings is 1. The molecule has 2 aromatic rings. The Morgan fingerprint density at radius 3 is 2.95 bits per heavy atom. The van der Waals surface area contributed by atoms with E-state index >= 15 is 0 Å². The van der Waals surface area contributed by atoms with Gasteiger partial charge in [0.2, 0.25) is 0 Å². The van der Waals surface area contributed by atoms with Crippen LogP contribution in [0.3, 0.4) is 0 Å². The number of amides is 1. The molecule has 1 aromatic carbocycles. The average Bonchev–Trinajstić information content (AvgIpc) is 2.93. The Kier molecular flexibility index (Phi) is 4.83. The quantitative estimate of drug-likeness (QED) is 0.821. The number of aryl methyl sites for hydroxylation is 1. The number of carbonyl (C=O) groups is 2. The number of rotatable bonds is 5. The molecule has 0 aliphatic carbocycles. The number of tetrazole rings is 1. The summed E-state index contributed by atoms with van der Waals surface area (Å²) in [5.41, 5.74) is 1.43. The van der Waals surface area contributed by atoms with Gasteiger partial charge in [0.1, 0.15) is 12.9 Å². The third kappa shape index (κ3) is 4.53. The highest BCUT2D eigenvalue weighted by molar-refractivity contribution is 6.31. The lowest BCUT2D eigenvalue weighted by molar-refractivity contribution is -0.148. The molecule has 1 N–H and O–H groups in total.